The van der Waals surface area contributed by atoms with Crippen molar-refractivity contribution in [3.63, 3.8) is 0 Å². The van der Waals surface area contributed by atoms with Crippen LogP contribution in [0, 0.1) is 0 Å². The van der Waals surface area contributed by atoms with Gasteiger partial charge in [-0.15, -0.1) is 0 Å². The molecular formula is C17H13NO2. The topological polar surface area (TPSA) is 60.2 Å². The molecule has 0 atom stereocenters. The first-order valence-corrected chi connectivity index (χ1v) is 6.40. The fraction of sp³-hybridized carbons (Fsp3) is 0.0588. The highest BCUT2D eigenvalue weighted by molar-refractivity contribution is 6.38. The van der Waals surface area contributed by atoms with Gasteiger partial charge in [0.25, 0.3) is 0 Å². The van der Waals surface area contributed by atoms with E-state index in [2.05, 4.69) is 0 Å². The van der Waals surface area contributed by atoms with Gasteiger partial charge in [0.05, 0.1) is 0 Å². The van der Waals surface area contributed by atoms with E-state index in [9.17, 15) is 9.59 Å². The van der Waals surface area contributed by atoms with E-state index in [0.717, 1.165) is 11.1 Å². The van der Waals surface area contributed by atoms with Crippen LogP contribution in [-0.2, 0) is 6.54 Å². The third kappa shape index (κ3) is 1.98. The van der Waals surface area contributed by atoms with Gasteiger partial charge >= 0.3 is 0 Å². The summed E-state index contributed by atoms with van der Waals surface area (Å²) < 4.78 is 0. The SMILES string of the molecule is NCc1cccc(C2=CC(=O)c3ccccc3C2=O)c1. The summed E-state index contributed by atoms with van der Waals surface area (Å²) in [5.74, 6) is -0.247. The smallest absolute Gasteiger partial charge is 0.194 e. The summed E-state index contributed by atoms with van der Waals surface area (Å²) in [5, 5.41) is 0. The van der Waals surface area contributed by atoms with E-state index < -0.39 is 0 Å². The Morgan fingerprint density at radius 3 is 2.40 bits per heavy atom. The Hall–Kier alpha value is -2.52. The lowest BCUT2D eigenvalue weighted by Crippen LogP contribution is -2.16. The molecule has 2 N–H and O–H groups in total. The number of carbonyl (C=O) groups is 2. The summed E-state index contributed by atoms with van der Waals surface area (Å²) in [4.78, 5) is 24.6. The van der Waals surface area contributed by atoms with E-state index in [1.54, 1.807) is 24.3 Å². The van der Waals surface area contributed by atoms with Gasteiger partial charge in [0.2, 0.25) is 0 Å². The summed E-state index contributed by atoms with van der Waals surface area (Å²) in [5.41, 5.74) is 8.65. The van der Waals surface area contributed by atoms with Gasteiger partial charge < -0.3 is 5.73 Å². The maximum absolute atomic E-state index is 12.5. The van der Waals surface area contributed by atoms with E-state index >= 15 is 0 Å². The van der Waals surface area contributed by atoms with Crippen LogP contribution in [0.5, 0.6) is 0 Å². The van der Waals surface area contributed by atoms with Crippen LogP contribution in [0.1, 0.15) is 31.8 Å². The highest BCUT2D eigenvalue weighted by Crippen LogP contribution is 2.27. The van der Waals surface area contributed by atoms with Crippen molar-refractivity contribution in [3.05, 3.63) is 76.9 Å². The lowest BCUT2D eigenvalue weighted by molar-refractivity contribution is 0.100. The van der Waals surface area contributed by atoms with Crippen LogP contribution in [0.15, 0.2) is 54.6 Å². The van der Waals surface area contributed by atoms with Crippen molar-refractivity contribution in [1.82, 2.24) is 0 Å². The maximum atomic E-state index is 12.5. The van der Waals surface area contributed by atoms with Crippen LogP contribution in [0.3, 0.4) is 0 Å². The highest BCUT2D eigenvalue weighted by Gasteiger charge is 2.25. The number of benzene rings is 2. The molecule has 3 heteroatoms. The molecule has 1 aliphatic rings. The predicted molar refractivity (Wildman–Crippen MR) is 77.4 cm³/mol. The molecule has 0 unspecified atom stereocenters. The summed E-state index contributed by atoms with van der Waals surface area (Å²) in [6.07, 6.45) is 1.42. The number of hydrogen-bond acceptors (Lipinski definition) is 3. The molecule has 3 rings (SSSR count). The fourth-order valence-corrected chi connectivity index (χ4v) is 2.40. The minimum atomic E-state index is -0.131. The number of ketones is 2. The number of fused-ring (bicyclic) bond motifs is 1. The molecule has 20 heavy (non-hydrogen) atoms. The van der Waals surface area contributed by atoms with E-state index in [4.69, 9.17) is 5.73 Å². The summed E-state index contributed by atoms with van der Waals surface area (Å²) in [6, 6.07) is 14.3. The molecule has 0 aliphatic heterocycles. The molecule has 2 aromatic rings. The first-order chi connectivity index (χ1) is 9.70. The maximum Gasteiger partial charge on any atom is 0.194 e. The molecule has 3 nitrogen and oxygen atoms in total. The normalized spacial score (nSPS) is 13.9. The summed E-state index contributed by atoms with van der Waals surface area (Å²) in [6.45, 7) is 0.403. The molecule has 0 fully saturated rings. The van der Waals surface area contributed by atoms with Crippen LogP contribution in [0.4, 0.5) is 0 Å². The zero-order chi connectivity index (χ0) is 14.1. The van der Waals surface area contributed by atoms with Crippen molar-refractivity contribution in [2.24, 2.45) is 5.73 Å². The average Bonchev–Trinajstić information content (AvgIpc) is 2.51. The number of rotatable bonds is 2. The third-order valence-electron chi connectivity index (χ3n) is 3.43. The van der Waals surface area contributed by atoms with Crippen molar-refractivity contribution in [1.29, 1.82) is 0 Å². The molecule has 0 spiro atoms. The molecule has 98 valence electrons. The monoisotopic (exact) mass is 263 g/mol. The minimum Gasteiger partial charge on any atom is -0.326 e. The Kier molecular flexibility index (Phi) is 3.05. The van der Waals surface area contributed by atoms with Gasteiger partial charge in [-0.25, -0.2) is 0 Å². The first kappa shape index (κ1) is 12.5. The second-order valence-electron chi connectivity index (χ2n) is 4.70. The number of carbonyl (C=O) groups excluding carboxylic acids is 2. The largest absolute Gasteiger partial charge is 0.326 e. The van der Waals surface area contributed by atoms with Crippen molar-refractivity contribution < 1.29 is 9.59 Å². The number of Topliss-reactive ketones (excluding diaryl/α,β-unsaturated/α-hetero) is 1. The summed E-state index contributed by atoms with van der Waals surface area (Å²) >= 11 is 0. The number of allylic oxidation sites excluding steroid dienone is 2. The Labute approximate surface area is 116 Å². The van der Waals surface area contributed by atoms with Crippen molar-refractivity contribution in [3.8, 4) is 0 Å². The van der Waals surface area contributed by atoms with Crippen LogP contribution in [0.2, 0.25) is 0 Å². The van der Waals surface area contributed by atoms with Gasteiger partial charge in [0.1, 0.15) is 0 Å². The van der Waals surface area contributed by atoms with E-state index in [1.165, 1.54) is 6.08 Å². The molecule has 0 bridgehead atoms. The Balaban J connectivity index is 2.12. The minimum absolute atomic E-state index is 0.116. The average molecular weight is 263 g/mol. The van der Waals surface area contributed by atoms with Crippen molar-refractivity contribution in [2.45, 2.75) is 6.54 Å². The van der Waals surface area contributed by atoms with Gasteiger partial charge in [-0.3, -0.25) is 9.59 Å². The van der Waals surface area contributed by atoms with Gasteiger partial charge in [-0.1, -0.05) is 42.5 Å². The van der Waals surface area contributed by atoms with Gasteiger partial charge in [-0.05, 0) is 23.3 Å². The number of hydrogen-bond donors (Lipinski definition) is 1. The molecule has 0 amide bonds. The van der Waals surface area contributed by atoms with Gasteiger partial charge in [0.15, 0.2) is 11.6 Å². The molecule has 0 heterocycles. The summed E-state index contributed by atoms with van der Waals surface area (Å²) in [7, 11) is 0. The quantitative estimate of drug-likeness (QED) is 0.906. The standard InChI is InChI=1S/C17H13NO2/c18-10-11-4-3-5-12(8-11)15-9-16(19)13-6-1-2-7-14(13)17(15)20/h1-9H,10,18H2. The Morgan fingerprint density at radius 2 is 1.65 bits per heavy atom. The Morgan fingerprint density at radius 1 is 0.900 bits per heavy atom. The number of nitrogens with two attached hydrogens (primary N) is 1. The lowest BCUT2D eigenvalue weighted by Gasteiger charge is -2.15. The van der Waals surface area contributed by atoms with E-state index in [0.29, 0.717) is 23.2 Å². The van der Waals surface area contributed by atoms with Crippen LogP contribution >= 0.6 is 0 Å². The van der Waals surface area contributed by atoms with Crippen LogP contribution in [0.25, 0.3) is 5.57 Å². The third-order valence-corrected chi connectivity index (χ3v) is 3.43. The lowest BCUT2D eigenvalue weighted by atomic mass is 9.86. The zero-order valence-corrected chi connectivity index (χ0v) is 10.8. The van der Waals surface area contributed by atoms with Crippen molar-refractivity contribution in [2.75, 3.05) is 0 Å². The van der Waals surface area contributed by atoms with Crippen LogP contribution in [-0.4, -0.2) is 11.6 Å². The zero-order valence-electron chi connectivity index (χ0n) is 10.8. The first-order valence-electron chi connectivity index (χ1n) is 6.40. The van der Waals surface area contributed by atoms with Crippen molar-refractivity contribution >= 4 is 17.1 Å². The Bertz CT molecular complexity index is 744. The molecule has 1 aliphatic carbocycles. The van der Waals surface area contributed by atoms with E-state index in [1.807, 2.05) is 24.3 Å². The van der Waals surface area contributed by atoms with Gasteiger partial charge in [0, 0.05) is 23.2 Å². The molecule has 0 aromatic heterocycles. The molecular weight excluding hydrogens is 250 g/mol. The second-order valence-corrected chi connectivity index (χ2v) is 4.70. The highest BCUT2D eigenvalue weighted by atomic mass is 16.1. The van der Waals surface area contributed by atoms with Crippen LogP contribution < -0.4 is 5.73 Å². The second kappa shape index (κ2) is 4.87. The molecule has 0 radical (unpaired) electrons. The molecule has 0 saturated carbocycles. The molecule has 2 aromatic carbocycles. The predicted octanol–water partition coefficient (Wildman–Crippen LogP) is 2.61. The van der Waals surface area contributed by atoms with Gasteiger partial charge in [-0.2, -0.15) is 0 Å². The molecule has 0 saturated heterocycles. The van der Waals surface area contributed by atoms with E-state index in [-0.39, 0.29) is 11.6 Å². The fourth-order valence-electron chi connectivity index (χ4n) is 2.40.